The molecule has 13 heteroatoms. The van der Waals surface area contributed by atoms with Crippen LogP contribution in [0.3, 0.4) is 0 Å². The number of aromatic nitrogens is 2. The SMILES string of the molecule is Cc1cc(O)cc(-c2c(Cl)cc3c(N4CC5CCC(C4)N5)nc(OCC45CCCN4C[C@H](F)C5)nc3c2F)c1C(F)(F)F. The quantitative estimate of drug-likeness (QED) is 0.337. The van der Waals surface area contributed by atoms with Gasteiger partial charge in [-0.1, -0.05) is 11.6 Å². The number of fused-ring (bicyclic) bond motifs is 4. The van der Waals surface area contributed by atoms with E-state index in [-0.39, 0.29) is 46.2 Å². The largest absolute Gasteiger partial charge is 0.508 e. The van der Waals surface area contributed by atoms with E-state index >= 15 is 4.39 Å². The predicted octanol–water partition coefficient (Wildman–Crippen LogP) is 6.02. The fraction of sp³-hybridized carbons (Fsp3) is 0.533. The molecular weight excluding hydrogens is 593 g/mol. The summed E-state index contributed by atoms with van der Waals surface area (Å²) in [4.78, 5) is 13.2. The van der Waals surface area contributed by atoms with Crippen LogP contribution in [0.5, 0.6) is 11.8 Å². The number of piperazine rings is 1. The van der Waals surface area contributed by atoms with E-state index in [1.807, 2.05) is 4.90 Å². The molecule has 2 aromatic carbocycles. The summed E-state index contributed by atoms with van der Waals surface area (Å²) >= 11 is 6.56. The van der Waals surface area contributed by atoms with Gasteiger partial charge in [0.2, 0.25) is 0 Å². The second-order valence-electron chi connectivity index (χ2n) is 12.4. The first-order valence-corrected chi connectivity index (χ1v) is 14.9. The van der Waals surface area contributed by atoms with Crippen molar-refractivity contribution < 1.29 is 31.8 Å². The van der Waals surface area contributed by atoms with Crippen LogP contribution in [0.1, 0.15) is 43.2 Å². The number of nitrogens with zero attached hydrogens (tertiary/aromatic N) is 4. The monoisotopic (exact) mass is 623 g/mol. The second kappa shape index (κ2) is 10.3. The Kier molecular flexibility index (Phi) is 6.90. The smallest absolute Gasteiger partial charge is 0.417 e. The lowest BCUT2D eigenvalue weighted by molar-refractivity contribution is -0.137. The summed E-state index contributed by atoms with van der Waals surface area (Å²) in [7, 11) is 0. The normalized spacial score (nSPS) is 27.3. The van der Waals surface area contributed by atoms with Gasteiger partial charge in [0.25, 0.3) is 0 Å². The van der Waals surface area contributed by atoms with Crippen LogP contribution < -0.4 is 15.0 Å². The van der Waals surface area contributed by atoms with Crippen LogP contribution in [0.25, 0.3) is 22.0 Å². The number of nitrogens with one attached hydrogen (secondary N) is 1. The molecule has 4 atom stereocenters. The third kappa shape index (κ3) is 4.95. The van der Waals surface area contributed by atoms with Crippen molar-refractivity contribution in [3.8, 4) is 22.9 Å². The van der Waals surface area contributed by atoms with Crippen molar-refractivity contribution in [3.05, 3.63) is 40.2 Å². The summed E-state index contributed by atoms with van der Waals surface area (Å²) in [6.07, 6.45) is -1.88. The van der Waals surface area contributed by atoms with Crippen molar-refractivity contribution >= 4 is 28.3 Å². The highest BCUT2D eigenvalue weighted by Crippen LogP contribution is 2.47. The number of ether oxygens (including phenoxy) is 1. The molecule has 4 aliphatic heterocycles. The summed E-state index contributed by atoms with van der Waals surface area (Å²) in [6.45, 7) is 3.58. The summed E-state index contributed by atoms with van der Waals surface area (Å²) < 4.78 is 79.7. The molecule has 0 amide bonds. The average Bonchev–Trinajstić information content (AvgIpc) is 3.56. The number of phenols is 1. The van der Waals surface area contributed by atoms with Crippen LogP contribution in [0.15, 0.2) is 18.2 Å². The molecule has 43 heavy (non-hydrogen) atoms. The minimum Gasteiger partial charge on any atom is -0.508 e. The summed E-state index contributed by atoms with van der Waals surface area (Å²) in [5.74, 6) is -1.15. The van der Waals surface area contributed by atoms with Gasteiger partial charge in [0.15, 0.2) is 5.82 Å². The Morgan fingerprint density at radius 3 is 2.60 bits per heavy atom. The first-order chi connectivity index (χ1) is 20.4. The van der Waals surface area contributed by atoms with Crippen LogP contribution in [0, 0.1) is 12.7 Å². The molecule has 2 N–H and O–H groups in total. The number of aryl methyl sites for hydroxylation is 1. The zero-order chi connectivity index (χ0) is 30.3. The molecule has 7 rings (SSSR count). The minimum absolute atomic E-state index is 0.108. The van der Waals surface area contributed by atoms with Crippen LogP contribution in [-0.2, 0) is 6.18 Å². The molecule has 1 aromatic heterocycles. The van der Waals surface area contributed by atoms with E-state index < -0.39 is 46.1 Å². The van der Waals surface area contributed by atoms with Gasteiger partial charge in [-0.3, -0.25) is 4.90 Å². The molecule has 7 nitrogen and oxygen atoms in total. The average molecular weight is 624 g/mol. The third-order valence-electron chi connectivity index (χ3n) is 9.46. The highest BCUT2D eigenvalue weighted by molar-refractivity contribution is 6.34. The molecule has 0 spiro atoms. The lowest BCUT2D eigenvalue weighted by Gasteiger charge is -2.34. The molecule has 5 heterocycles. The molecule has 0 saturated carbocycles. The Balaban J connectivity index is 1.38. The second-order valence-corrected chi connectivity index (χ2v) is 12.8. The fourth-order valence-electron chi connectivity index (χ4n) is 7.67. The predicted molar refractivity (Wildman–Crippen MR) is 152 cm³/mol. The van der Waals surface area contributed by atoms with Crippen LogP contribution >= 0.6 is 11.6 Å². The number of aromatic hydroxyl groups is 1. The van der Waals surface area contributed by atoms with E-state index in [0.717, 1.165) is 44.4 Å². The Morgan fingerprint density at radius 1 is 1.14 bits per heavy atom. The number of benzene rings is 2. The van der Waals surface area contributed by atoms with Gasteiger partial charge in [0.1, 0.15) is 29.9 Å². The van der Waals surface area contributed by atoms with Crippen molar-refractivity contribution in [3.63, 3.8) is 0 Å². The van der Waals surface area contributed by atoms with Crippen molar-refractivity contribution in [1.82, 2.24) is 20.2 Å². The van der Waals surface area contributed by atoms with Crippen molar-refractivity contribution in [2.24, 2.45) is 0 Å². The topological polar surface area (TPSA) is 73.8 Å². The van der Waals surface area contributed by atoms with E-state index in [4.69, 9.17) is 16.3 Å². The summed E-state index contributed by atoms with van der Waals surface area (Å²) in [5.41, 5.74) is -3.22. The lowest BCUT2D eigenvalue weighted by Crippen LogP contribution is -2.51. The molecule has 0 aliphatic carbocycles. The fourth-order valence-corrected chi connectivity index (χ4v) is 7.97. The minimum atomic E-state index is -4.84. The molecule has 3 unspecified atom stereocenters. The van der Waals surface area contributed by atoms with Gasteiger partial charge >= 0.3 is 12.2 Å². The van der Waals surface area contributed by atoms with E-state index in [1.165, 1.54) is 13.0 Å². The first kappa shape index (κ1) is 28.8. The molecular formula is C30H31ClF5N5O2. The van der Waals surface area contributed by atoms with Crippen molar-refractivity contribution in [2.75, 3.05) is 37.7 Å². The first-order valence-electron chi connectivity index (χ1n) is 14.6. The number of rotatable bonds is 5. The third-order valence-corrected chi connectivity index (χ3v) is 9.76. The number of alkyl halides is 4. The maximum absolute atomic E-state index is 16.6. The number of hydrogen-bond donors (Lipinski definition) is 2. The van der Waals surface area contributed by atoms with Crippen molar-refractivity contribution in [1.29, 1.82) is 0 Å². The number of halogens is 6. The molecule has 3 aromatic rings. The van der Waals surface area contributed by atoms with Gasteiger partial charge in [0.05, 0.1) is 16.1 Å². The van der Waals surface area contributed by atoms with E-state index in [2.05, 4.69) is 20.2 Å². The summed E-state index contributed by atoms with van der Waals surface area (Å²) in [6, 6.07) is 3.51. The molecule has 4 fully saturated rings. The molecule has 4 saturated heterocycles. The zero-order valence-corrected chi connectivity index (χ0v) is 24.2. The lowest BCUT2D eigenvalue weighted by atomic mass is 9.93. The number of phenolic OH excluding ortho intramolecular Hbond substituents is 1. The zero-order valence-electron chi connectivity index (χ0n) is 23.4. The van der Waals surface area contributed by atoms with Gasteiger partial charge in [-0.2, -0.15) is 23.1 Å². The van der Waals surface area contributed by atoms with Gasteiger partial charge in [-0.25, -0.2) is 8.78 Å². The molecule has 230 valence electrons. The van der Waals surface area contributed by atoms with Gasteiger partial charge in [-0.15, -0.1) is 0 Å². The van der Waals surface area contributed by atoms with E-state index in [0.29, 0.717) is 31.9 Å². The maximum Gasteiger partial charge on any atom is 0.417 e. The van der Waals surface area contributed by atoms with Gasteiger partial charge in [0, 0.05) is 54.7 Å². The van der Waals surface area contributed by atoms with E-state index in [9.17, 15) is 22.7 Å². The molecule has 4 aliphatic rings. The number of hydrogen-bond acceptors (Lipinski definition) is 7. The van der Waals surface area contributed by atoms with Gasteiger partial charge < -0.3 is 20.1 Å². The van der Waals surface area contributed by atoms with Crippen LogP contribution in [0.4, 0.5) is 27.8 Å². The molecule has 2 bridgehead atoms. The van der Waals surface area contributed by atoms with Crippen LogP contribution in [0.2, 0.25) is 5.02 Å². The molecule has 0 radical (unpaired) electrons. The number of anilines is 1. The Hall–Kier alpha value is -2.96. The van der Waals surface area contributed by atoms with Gasteiger partial charge in [-0.05, 0) is 62.9 Å². The Morgan fingerprint density at radius 2 is 1.88 bits per heavy atom. The highest BCUT2D eigenvalue weighted by atomic mass is 35.5. The highest BCUT2D eigenvalue weighted by Gasteiger charge is 2.49. The van der Waals surface area contributed by atoms with Crippen molar-refractivity contribution in [2.45, 2.75) is 69.0 Å². The Labute approximate surface area is 250 Å². The Bertz CT molecular complexity index is 1590. The maximum atomic E-state index is 16.6. The van der Waals surface area contributed by atoms with Crippen LogP contribution in [-0.4, -0.2) is 76.6 Å². The van der Waals surface area contributed by atoms with E-state index in [1.54, 1.807) is 0 Å². The standard InChI is InChI=1S/C30H31ClF5N5O2/c1-15-7-19(42)8-20(24(15)30(34,35)36)23-22(31)9-21-26(25(23)33)38-28(39-27(21)40-12-17-3-4-18(13-40)37-17)43-14-29-5-2-6-41(29)11-16(32)10-29/h7-9,16-18,37,42H,2-6,10-14H2,1H3/t16-,17?,18?,29?/m1/s1. The summed E-state index contributed by atoms with van der Waals surface area (Å²) in [5, 5.41) is 13.7.